The molecular weight excluding hydrogens is 490 g/mol. The fourth-order valence-corrected chi connectivity index (χ4v) is 4.72. The molecule has 0 saturated carbocycles. The van der Waals surface area contributed by atoms with Gasteiger partial charge in [-0.2, -0.15) is 4.37 Å². The lowest BCUT2D eigenvalue weighted by molar-refractivity contribution is -0.140. The molecule has 0 amide bonds. The van der Waals surface area contributed by atoms with Crippen LogP contribution in [0, 0.1) is 0 Å². The maximum Gasteiger partial charge on any atom is 0.323 e. The molecule has 8 nitrogen and oxygen atoms in total. The number of carboxylic acid groups (broad SMARTS) is 1. The van der Waals surface area contributed by atoms with Crippen LogP contribution in [0.1, 0.15) is 5.56 Å². The maximum absolute atomic E-state index is 11.1. The number of carbonyl (C=O) groups is 1. The van der Waals surface area contributed by atoms with E-state index in [4.69, 9.17) is 26.2 Å². The van der Waals surface area contributed by atoms with Gasteiger partial charge in [-0.15, -0.1) is 0 Å². The standard InChI is InChI=1S/C25H24ClN3O5S/c1-33-20-9-7-15(11-21(20)34-2)16-4-3-5-18(23(16)26)28-24-17-8-6-14(10-22(17)35-29-24)12-27-19(13-30)25(31)32/h3-11,19,27,30H,12-13H2,1-2H3,(H,28,29)(H,31,32)/t19-/m0/s1. The number of nitrogens with one attached hydrogen (secondary N) is 2. The number of aliphatic hydroxyl groups is 1. The zero-order valence-electron chi connectivity index (χ0n) is 19.0. The summed E-state index contributed by atoms with van der Waals surface area (Å²) in [6.07, 6.45) is 0. The number of anilines is 2. The van der Waals surface area contributed by atoms with Crippen LogP contribution in [0.25, 0.3) is 21.2 Å². The second kappa shape index (κ2) is 10.9. The number of hydrogen-bond donors (Lipinski definition) is 4. The van der Waals surface area contributed by atoms with E-state index in [0.717, 1.165) is 26.8 Å². The molecule has 182 valence electrons. The van der Waals surface area contributed by atoms with Gasteiger partial charge in [-0.1, -0.05) is 35.9 Å². The molecule has 1 aromatic heterocycles. The fraction of sp³-hybridized carbons (Fsp3) is 0.200. The minimum absolute atomic E-state index is 0.313. The van der Waals surface area contributed by atoms with Crippen molar-refractivity contribution in [3.8, 4) is 22.6 Å². The molecule has 0 spiro atoms. The van der Waals surface area contributed by atoms with Gasteiger partial charge in [0.2, 0.25) is 0 Å². The van der Waals surface area contributed by atoms with E-state index in [1.54, 1.807) is 14.2 Å². The van der Waals surface area contributed by atoms with Crippen LogP contribution in [-0.2, 0) is 11.3 Å². The Labute approximate surface area is 211 Å². The van der Waals surface area contributed by atoms with Crippen molar-refractivity contribution in [1.82, 2.24) is 9.69 Å². The fourth-order valence-electron chi connectivity index (χ4n) is 3.64. The van der Waals surface area contributed by atoms with Crippen LogP contribution in [-0.4, -0.2) is 47.4 Å². The summed E-state index contributed by atoms with van der Waals surface area (Å²) in [6.45, 7) is -0.164. The third-order valence-corrected chi connectivity index (χ3v) is 6.73. The van der Waals surface area contributed by atoms with Crippen LogP contribution in [0.3, 0.4) is 0 Å². The predicted octanol–water partition coefficient (Wildman–Crippen LogP) is 4.91. The SMILES string of the molecule is COc1ccc(-c2cccc(Nc3nsc4cc(CN[C@@H](CO)C(=O)O)ccc34)c2Cl)cc1OC. The van der Waals surface area contributed by atoms with Crippen molar-refractivity contribution in [2.45, 2.75) is 12.6 Å². The number of rotatable bonds is 10. The zero-order valence-corrected chi connectivity index (χ0v) is 20.6. The number of ether oxygens (including phenoxy) is 2. The van der Waals surface area contributed by atoms with Crippen LogP contribution in [0.5, 0.6) is 11.5 Å². The van der Waals surface area contributed by atoms with Gasteiger partial charge in [0.25, 0.3) is 0 Å². The number of aliphatic hydroxyl groups excluding tert-OH is 1. The molecule has 0 aliphatic rings. The molecule has 0 saturated heterocycles. The Hall–Kier alpha value is -3.37. The van der Waals surface area contributed by atoms with Crippen LogP contribution in [0.4, 0.5) is 11.5 Å². The van der Waals surface area contributed by atoms with Gasteiger partial charge in [0, 0.05) is 17.5 Å². The van der Waals surface area contributed by atoms with E-state index >= 15 is 0 Å². The van der Waals surface area contributed by atoms with Gasteiger partial charge in [-0.05, 0) is 53.0 Å². The summed E-state index contributed by atoms with van der Waals surface area (Å²) in [4.78, 5) is 11.1. The Bertz CT molecular complexity index is 1360. The molecule has 0 fully saturated rings. The van der Waals surface area contributed by atoms with Gasteiger partial charge in [-0.25, -0.2) is 0 Å². The normalized spacial score (nSPS) is 11.9. The van der Waals surface area contributed by atoms with E-state index in [1.807, 2.05) is 54.6 Å². The molecular formula is C25H24ClN3O5S. The molecule has 4 rings (SSSR count). The van der Waals surface area contributed by atoms with Crippen molar-refractivity contribution < 1.29 is 24.5 Å². The van der Waals surface area contributed by atoms with Crippen molar-refractivity contribution >= 4 is 50.7 Å². The molecule has 4 aromatic rings. The smallest absolute Gasteiger partial charge is 0.323 e. The molecule has 4 N–H and O–H groups in total. The van der Waals surface area contributed by atoms with Crippen molar-refractivity contribution in [3.05, 3.63) is 65.2 Å². The first-order chi connectivity index (χ1) is 16.9. The lowest BCUT2D eigenvalue weighted by atomic mass is 10.0. The summed E-state index contributed by atoms with van der Waals surface area (Å²) in [7, 11) is 3.18. The van der Waals surface area contributed by atoms with E-state index in [-0.39, 0.29) is 0 Å². The Balaban J connectivity index is 1.57. The average molecular weight is 514 g/mol. The summed E-state index contributed by atoms with van der Waals surface area (Å²) >= 11 is 8.11. The number of aliphatic carboxylic acids is 1. The Morgan fingerprint density at radius 1 is 1.11 bits per heavy atom. The molecule has 0 aliphatic heterocycles. The number of aromatic nitrogens is 1. The summed E-state index contributed by atoms with van der Waals surface area (Å²) < 4.78 is 16.2. The number of carboxylic acids is 1. The van der Waals surface area contributed by atoms with E-state index in [2.05, 4.69) is 15.0 Å². The molecule has 1 heterocycles. The van der Waals surface area contributed by atoms with E-state index < -0.39 is 18.6 Å². The minimum Gasteiger partial charge on any atom is -0.493 e. The lowest BCUT2D eigenvalue weighted by Gasteiger charge is -2.13. The van der Waals surface area contributed by atoms with Crippen molar-refractivity contribution in [3.63, 3.8) is 0 Å². The van der Waals surface area contributed by atoms with Crippen molar-refractivity contribution in [2.24, 2.45) is 0 Å². The van der Waals surface area contributed by atoms with Crippen LogP contribution >= 0.6 is 23.1 Å². The zero-order chi connectivity index (χ0) is 24.9. The van der Waals surface area contributed by atoms with Crippen molar-refractivity contribution in [2.75, 3.05) is 26.1 Å². The number of halogens is 1. The number of hydrogen-bond acceptors (Lipinski definition) is 8. The first-order valence-corrected chi connectivity index (χ1v) is 11.8. The van der Waals surface area contributed by atoms with Crippen LogP contribution in [0.2, 0.25) is 5.02 Å². The van der Waals surface area contributed by atoms with Crippen LogP contribution < -0.4 is 20.1 Å². The number of fused-ring (bicyclic) bond motifs is 1. The summed E-state index contributed by atoms with van der Waals surface area (Å²) in [6, 6.07) is 16.1. The van der Waals surface area contributed by atoms with Gasteiger partial charge in [0.1, 0.15) is 6.04 Å². The summed E-state index contributed by atoms with van der Waals surface area (Å²) in [5, 5.41) is 25.9. The minimum atomic E-state index is -1.09. The highest BCUT2D eigenvalue weighted by atomic mass is 35.5. The van der Waals surface area contributed by atoms with E-state index in [1.165, 1.54) is 11.5 Å². The van der Waals surface area contributed by atoms with Gasteiger partial charge in [-0.3, -0.25) is 10.1 Å². The van der Waals surface area contributed by atoms with E-state index in [9.17, 15) is 9.90 Å². The van der Waals surface area contributed by atoms with Crippen LogP contribution in [0.15, 0.2) is 54.6 Å². The second-order valence-corrected chi connectivity index (χ2v) is 8.86. The first-order valence-electron chi connectivity index (χ1n) is 10.7. The average Bonchev–Trinajstić information content (AvgIpc) is 3.27. The topological polar surface area (TPSA) is 113 Å². The molecule has 0 aliphatic carbocycles. The summed E-state index contributed by atoms with van der Waals surface area (Å²) in [5.41, 5.74) is 3.33. The molecule has 35 heavy (non-hydrogen) atoms. The highest BCUT2D eigenvalue weighted by Crippen LogP contribution is 2.40. The predicted molar refractivity (Wildman–Crippen MR) is 138 cm³/mol. The highest BCUT2D eigenvalue weighted by molar-refractivity contribution is 7.13. The largest absolute Gasteiger partial charge is 0.493 e. The third kappa shape index (κ3) is 5.33. The van der Waals surface area contributed by atoms with E-state index in [0.29, 0.717) is 34.6 Å². The number of nitrogens with zero attached hydrogens (tertiary/aromatic N) is 1. The quantitative estimate of drug-likeness (QED) is 0.236. The second-order valence-electron chi connectivity index (χ2n) is 7.68. The number of benzene rings is 3. The van der Waals surface area contributed by atoms with Gasteiger partial charge in [0.15, 0.2) is 17.3 Å². The maximum atomic E-state index is 11.1. The highest BCUT2D eigenvalue weighted by Gasteiger charge is 2.16. The summed E-state index contributed by atoms with van der Waals surface area (Å²) in [5.74, 6) is 0.837. The molecule has 1 atom stereocenters. The molecule has 3 aromatic carbocycles. The van der Waals surface area contributed by atoms with Gasteiger partial charge >= 0.3 is 5.97 Å². The Morgan fingerprint density at radius 2 is 1.91 bits per heavy atom. The Kier molecular flexibility index (Phi) is 7.72. The van der Waals surface area contributed by atoms with Crippen molar-refractivity contribution in [1.29, 1.82) is 0 Å². The molecule has 0 unspecified atom stereocenters. The molecule has 0 bridgehead atoms. The third-order valence-electron chi connectivity index (χ3n) is 5.52. The molecule has 0 radical (unpaired) electrons. The Morgan fingerprint density at radius 3 is 2.63 bits per heavy atom. The lowest BCUT2D eigenvalue weighted by Crippen LogP contribution is -2.39. The van der Waals surface area contributed by atoms with Gasteiger partial charge in [0.05, 0.1) is 36.2 Å². The van der Waals surface area contributed by atoms with Gasteiger partial charge < -0.3 is 25.0 Å². The molecule has 10 heteroatoms. The number of methoxy groups -OCH3 is 2. The first kappa shape index (κ1) is 24.7. The monoisotopic (exact) mass is 513 g/mol.